The highest BCUT2D eigenvalue weighted by atomic mass is 32.1. The number of piperazine rings is 1. The summed E-state index contributed by atoms with van der Waals surface area (Å²) in [6.07, 6.45) is 0. The van der Waals surface area contributed by atoms with Gasteiger partial charge < -0.3 is 14.5 Å². The van der Waals surface area contributed by atoms with Crippen LogP contribution in [0.25, 0.3) is 10.2 Å². The molecule has 1 aliphatic rings. The third kappa shape index (κ3) is 3.29. The standard InChI is InChI=1S/C18H18N4O4S2/c1-11-3-4-12(26-2)15-16(11)28-18(19-15)21-9-7-20(8-10-21)17(23)13-5-6-14(27-13)22(24)25/h3-6H,7-10H2,1-2H3. The molecule has 0 N–H and O–H groups in total. The van der Waals surface area contributed by atoms with Gasteiger partial charge in [-0.3, -0.25) is 14.9 Å². The summed E-state index contributed by atoms with van der Waals surface area (Å²) in [5, 5.41) is 11.7. The lowest BCUT2D eigenvalue weighted by atomic mass is 10.2. The number of rotatable bonds is 4. The highest BCUT2D eigenvalue weighted by molar-refractivity contribution is 7.22. The molecule has 10 heteroatoms. The number of nitrogens with zero attached hydrogens (tertiary/aromatic N) is 4. The molecule has 4 rings (SSSR count). The van der Waals surface area contributed by atoms with E-state index < -0.39 is 4.92 Å². The number of hydrogen-bond acceptors (Lipinski definition) is 8. The zero-order valence-electron chi connectivity index (χ0n) is 15.4. The molecule has 0 bridgehead atoms. The molecule has 28 heavy (non-hydrogen) atoms. The predicted molar refractivity (Wildman–Crippen MR) is 110 cm³/mol. The van der Waals surface area contributed by atoms with Crippen molar-refractivity contribution in [3.8, 4) is 5.75 Å². The topological polar surface area (TPSA) is 88.8 Å². The number of nitro groups is 1. The molecule has 146 valence electrons. The van der Waals surface area contributed by atoms with Crippen molar-refractivity contribution in [2.45, 2.75) is 6.92 Å². The lowest BCUT2D eigenvalue weighted by Crippen LogP contribution is -2.48. The van der Waals surface area contributed by atoms with Crippen LogP contribution in [0, 0.1) is 17.0 Å². The number of aromatic nitrogens is 1. The van der Waals surface area contributed by atoms with E-state index >= 15 is 0 Å². The van der Waals surface area contributed by atoms with Crippen LogP contribution in [0.2, 0.25) is 0 Å². The van der Waals surface area contributed by atoms with Gasteiger partial charge in [0, 0.05) is 32.2 Å². The number of carbonyl (C=O) groups excluding carboxylic acids is 1. The maximum absolute atomic E-state index is 12.6. The number of hydrogen-bond donors (Lipinski definition) is 0. The van der Waals surface area contributed by atoms with Crippen molar-refractivity contribution in [2.24, 2.45) is 0 Å². The lowest BCUT2D eigenvalue weighted by molar-refractivity contribution is -0.380. The molecule has 3 aromatic rings. The van der Waals surface area contributed by atoms with Gasteiger partial charge in [-0.1, -0.05) is 28.7 Å². The number of thiazole rings is 1. The highest BCUT2D eigenvalue weighted by Crippen LogP contribution is 2.36. The van der Waals surface area contributed by atoms with E-state index in [1.54, 1.807) is 23.3 Å². The first-order valence-corrected chi connectivity index (χ1v) is 10.3. The highest BCUT2D eigenvalue weighted by Gasteiger charge is 2.26. The number of aryl methyl sites for hydroxylation is 1. The maximum atomic E-state index is 12.6. The molecule has 1 fully saturated rings. The van der Waals surface area contributed by atoms with Crippen molar-refractivity contribution in [3.05, 3.63) is 44.8 Å². The summed E-state index contributed by atoms with van der Waals surface area (Å²) in [6, 6.07) is 6.86. The van der Waals surface area contributed by atoms with Crippen LogP contribution in [0.5, 0.6) is 5.75 Å². The SMILES string of the molecule is COc1ccc(C)c2sc(N3CCN(C(=O)c4ccc([N+](=O)[O-])s4)CC3)nc12. The van der Waals surface area contributed by atoms with E-state index in [0.717, 1.165) is 38.0 Å². The first-order valence-electron chi connectivity index (χ1n) is 8.70. The van der Waals surface area contributed by atoms with Gasteiger partial charge in [0.25, 0.3) is 5.91 Å². The Labute approximate surface area is 169 Å². The third-order valence-electron chi connectivity index (χ3n) is 4.73. The van der Waals surface area contributed by atoms with Gasteiger partial charge in [-0.05, 0) is 24.6 Å². The third-order valence-corrected chi connectivity index (χ3v) is 7.01. The van der Waals surface area contributed by atoms with Crippen molar-refractivity contribution in [2.75, 3.05) is 38.2 Å². The van der Waals surface area contributed by atoms with Crippen molar-refractivity contribution in [1.29, 1.82) is 0 Å². The minimum atomic E-state index is -0.469. The van der Waals surface area contributed by atoms with E-state index in [4.69, 9.17) is 9.72 Å². The number of benzene rings is 1. The molecule has 1 saturated heterocycles. The van der Waals surface area contributed by atoms with Crippen LogP contribution in [-0.2, 0) is 0 Å². The van der Waals surface area contributed by atoms with Gasteiger partial charge in [0.15, 0.2) is 5.13 Å². The van der Waals surface area contributed by atoms with E-state index in [0.29, 0.717) is 31.1 Å². The van der Waals surface area contributed by atoms with Gasteiger partial charge >= 0.3 is 5.00 Å². The van der Waals surface area contributed by atoms with Crippen LogP contribution in [0.4, 0.5) is 10.1 Å². The molecule has 1 amide bonds. The van der Waals surface area contributed by atoms with Gasteiger partial charge in [-0.2, -0.15) is 0 Å². The van der Waals surface area contributed by atoms with Gasteiger partial charge in [-0.25, -0.2) is 4.98 Å². The van der Waals surface area contributed by atoms with E-state index in [1.807, 2.05) is 12.1 Å². The summed E-state index contributed by atoms with van der Waals surface area (Å²) in [5.41, 5.74) is 2.03. The molecule has 2 aromatic heterocycles. The van der Waals surface area contributed by atoms with Crippen LogP contribution >= 0.6 is 22.7 Å². The molecule has 0 spiro atoms. The lowest BCUT2D eigenvalue weighted by Gasteiger charge is -2.34. The average Bonchev–Trinajstić information content (AvgIpc) is 3.36. The predicted octanol–water partition coefficient (Wildman–Crippen LogP) is 3.55. The minimum absolute atomic E-state index is 0.0132. The summed E-state index contributed by atoms with van der Waals surface area (Å²) < 4.78 is 6.54. The second-order valence-electron chi connectivity index (χ2n) is 6.43. The number of thiophene rings is 1. The largest absolute Gasteiger partial charge is 0.494 e. The first kappa shape index (κ1) is 18.6. The van der Waals surface area contributed by atoms with Crippen molar-refractivity contribution in [3.63, 3.8) is 0 Å². The molecule has 0 aliphatic carbocycles. The Bertz CT molecular complexity index is 1050. The number of amides is 1. The van der Waals surface area contributed by atoms with Crippen LogP contribution in [0.3, 0.4) is 0 Å². The zero-order valence-corrected chi connectivity index (χ0v) is 17.0. The summed E-state index contributed by atoms with van der Waals surface area (Å²) in [6.45, 7) is 4.49. The molecular weight excluding hydrogens is 400 g/mol. The summed E-state index contributed by atoms with van der Waals surface area (Å²) >= 11 is 2.55. The zero-order chi connectivity index (χ0) is 19.8. The van der Waals surface area contributed by atoms with E-state index in [1.165, 1.54) is 12.1 Å². The average molecular weight is 419 g/mol. The fraction of sp³-hybridized carbons (Fsp3) is 0.333. The molecule has 0 saturated carbocycles. The molecular formula is C18H18N4O4S2. The van der Waals surface area contributed by atoms with Crippen molar-refractivity contribution in [1.82, 2.24) is 9.88 Å². The molecule has 0 radical (unpaired) electrons. The summed E-state index contributed by atoms with van der Waals surface area (Å²) in [7, 11) is 1.64. The van der Waals surface area contributed by atoms with Gasteiger partial charge in [0.1, 0.15) is 11.3 Å². The minimum Gasteiger partial charge on any atom is -0.494 e. The molecule has 0 atom stereocenters. The Morgan fingerprint density at radius 1 is 1.18 bits per heavy atom. The number of ether oxygens (including phenoxy) is 1. The fourth-order valence-electron chi connectivity index (χ4n) is 3.20. The summed E-state index contributed by atoms with van der Waals surface area (Å²) in [4.78, 5) is 32.0. The Morgan fingerprint density at radius 2 is 1.93 bits per heavy atom. The molecule has 0 unspecified atom stereocenters. The van der Waals surface area contributed by atoms with Crippen molar-refractivity contribution >= 4 is 48.9 Å². The van der Waals surface area contributed by atoms with E-state index in [2.05, 4.69) is 11.8 Å². The van der Waals surface area contributed by atoms with Gasteiger partial charge in [0.2, 0.25) is 0 Å². The quantitative estimate of drug-likeness (QED) is 0.476. The molecule has 3 heterocycles. The monoisotopic (exact) mass is 418 g/mol. The molecule has 8 nitrogen and oxygen atoms in total. The summed E-state index contributed by atoms with van der Waals surface area (Å²) in [5.74, 6) is 0.607. The second-order valence-corrected chi connectivity index (χ2v) is 8.47. The van der Waals surface area contributed by atoms with E-state index in [-0.39, 0.29) is 10.9 Å². The van der Waals surface area contributed by atoms with Crippen molar-refractivity contribution < 1.29 is 14.5 Å². The normalized spacial score (nSPS) is 14.5. The van der Waals surface area contributed by atoms with E-state index in [9.17, 15) is 14.9 Å². The number of fused-ring (bicyclic) bond motifs is 1. The number of carbonyl (C=O) groups is 1. The molecule has 1 aromatic carbocycles. The Kier molecular flexibility index (Phi) is 4.90. The maximum Gasteiger partial charge on any atom is 0.324 e. The van der Waals surface area contributed by atoms with Crippen LogP contribution < -0.4 is 9.64 Å². The van der Waals surface area contributed by atoms with Gasteiger partial charge in [-0.15, -0.1) is 0 Å². The Morgan fingerprint density at radius 3 is 2.57 bits per heavy atom. The first-order chi connectivity index (χ1) is 13.5. The van der Waals surface area contributed by atoms with Crippen LogP contribution in [-0.4, -0.2) is 54.0 Å². The van der Waals surface area contributed by atoms with Gasteiger partial charge in [0.05, 0.1) is 21.6 Å². The number of methoxy groups -OCH3 is 1. The molecule has 1 aliphatic heterocycles. The Balaban J connectivity index is 1.48. The van der Waals surface area contributed by atoms with Crippen LogP contribution in [0.1, 0.15) is 15.2 Å². The number of anilines is 1. The smallest absolute Gasteiger partial charge is 0.324 e. The fourth-order valence-corrected chi connectivity index (χ4v) is 5.09. The Hall–Kier alpha value is -2.72. The second kappa shape index (κ2) is 7.36. The van der Waals surface area contributed by atoms with Crippen LogP contribution in [0.15, 0.2) is 24.3 Å².